The van der Waals surface area contributed by atoms with Crippen LogP contribution in [0.15, 0.2) is 44.9 Å². The van der Waals surface area contributed by atoms with E-state index in [0.717, 1.165) is 15.6 Å². The van der Waals surface area contributed by atoms with Crippen molar-refractivity contribution in [1.29, 1.82) is 0 Å². The number of anilines is 1. The molecule has 2 aromatic rings. The highest BCUT2D eigenvalue weighted by atomic mass is 79.9. The molecule has 0 saturated carbocycles. The van der Waals surface area contributed by atoms with E-state index in [1.807, 2.05) is 44.5 Å². The third-order valence-electron chi connectivity index (χ3n) is 4.76. The van der Waals surface area contributed by atoms with Gasteiger partial charge in [-0.3, -0.25) is 0 Å². The van der Waals surface area contributed by atoms with E-state index in [-0.39, 0.29) is 21.8 Å². The molecule has 2 aromatic carbocycles. The maximum absolute atomic E-state index is 12.8. The molecule has 0 aliphatic carbocycles. The van der Waals surface area contributed by atoms with Crippen LogP contribution in [0.4, 0.5) is 10.5 Å². The molecule has 1 unspecified atom stereocenters. The average Bonchev–Trinajstić information content (AvgIpc) is 2.67. The van der Waals surface area contributed by atoms with Crippen molar-refractivity contribution in [3.05, 3.63) is 61.4 Å². The summed E-state index contributed by atoms with van der Waals surface area (Å²) in [6, 6.07) is 6.23. The van der Waals surface area contributed by atoms with Gasteiger partial charge in [-0.25, -0.2) is 17.9 Å². The third-order valence-corrected chi connectivity index (χ3v) is 7.03. The van der Waals surface area contributed by atoms with E-state index in [1.165, 1.54) is 25.1 Å². The Hall–Kier alpha value is -1.97. The number of carbonyl (C=O) groups is 1. The van der Waals surface area contributed by atoms with Crippen LogP contribution in [0, 0.1) is 4.91 Å². The van der Waals surface area contributed by atoms with Crippen LogP contribution < -0.4 is 10.0 Å². The fraction of sp³-hybridized carbons (Fsp3) is 0.381. The molecule has 0 heterocycles. The smallest absolute Gasteiger partial charge is 0.307 e. The lowest BCUT2D eigenvalue weighted by Crippen LogP contribution is -2.35. The van der Waals surface area contributed by atoms with Gasteiger partial charge in [-0.2, -0.15) is 4.91 Å². The van der Waals surface area contributed by atoms with Gasteiger partial charge in [0.1, 0.15) is 10.9 Å². The van der Waals surface area contributed by atoms with Gasteiger partial charge in [0, 0.05) is 10.2 Å². The Labute approximate surface area is 196 Å². The first-order valence-electron chi connectivity index (χ1n) is 9.66. The molecule has 0 aliphatic heterocycles. The zero-order valence-electron chi connectivity index (χ0n) is 17.9. The molecule has 0 fully saturated rings. The Morgan fingerprint density at radius 1 is 1.03 bits per heavy atom. The van der Waals surface area contributed by atoms with Crippen molar-refractivity contribution >= 4 is 49.3 Å². The summed E-state index contributed by atoms with van der Waals surface area (Å²) < 4.78 is 28.6. The Balaban J connectivity index is 2.40. The highest BCUT2D eigenvalue weighted by Crippen LogP contribution is 2.35. The molecule has 2 amide bonds. The first-order valence-corrected chi connectivity index (χ1v) is 12.3. The first-order chi connectivity index (χ1) is 14.4. The number of nitroso groups, excluding NO2 is 1. The van der Waals surface area contributed by atoms with Gasteiger partial charge in [-0.05, 0) is 59.7 Å². The van der Waals surface area contributed by atoms with Gasteiger partial charge < -0.3 is 5.32 Å². The fourth-order valence-electron chi connectivity index (χ4n) is 3.07. The number of hydrogen-bond donors (Lipinski definition) is 2. The van der Waals surface area contributed by atoms with Crippen LogP contribution in [0.3, 0.4) is 0 Å². The Morgan fingerprint density at radius 3 is 2.06 bits per heavy atom. The molecule has 31 heavy (non-hydrogen) atoms. The van der Waals surface area contributed by atoms with Crippen LogP contribution in [-0.2, 0) is 10.0 Å². The molecule has 0 aromatic heterocycles. The van der Waals surface area contributed by atoms with Crippen molar-refractivity contribution in [2.24, 2.45) is 5.18 Å². The van der Waals surface area contributed by atoms with E-state index >= 15 is 0 Å². The minimum absolute atomic E-state index is 0.0727. The van der Waals surface area contributed by atoms with Crippen LogP contribution >= 0.6 is 27.5 Å². The van der Waals surface area contributed by atoms with Crippen LogP contribution in [-0.4, -0.2) is 14.4 Å². The number of sulfonamides is 1. The molecular weight excluding hydrogens is 506 g/mol. The number of benzene rings is 2. The Kier molecular flexibility index (Phi) is 8.24. The van der Waals surface area contributed by atoms with Gasteiger partial charge in [0.25, 0.3) is 10.0 Å². The summed E-state index contributed by atoms with van der Waals surface area (Å²) in [4.78, 5) is 23.2. The predicted octanol–water partition coefficient (Wildman–Crippen LogP) is 6.69. The summed E-state index contributed by atoms with van der Waals surface area (Å²) >= 11 is 9.55. The summed E-state index contributed by atoms with van der Waals surface area (Å²) in [5.74, 6) is 0.177. The molecule has 7 nitrogen and oxygen atoms in total. The Morgan fingerprint density at radius 2 is 1.58 bits per heavy atom. The second-order valence-corrected chi connectivity index (χ2v) is 10.8. The maximum Gasteiger partial charge on any atom is 0.333 e. The summed E-state index contributed by atoms with van der Waals surface area (Å²) in [6.07, 6.45) is 0. The molecule has 2 rings (SSSR count). The van der Waals surface area contributed by atoms with E-state index in [0.29, 0.717) is 11.3 Å². The van der Waals surface area contributed by atoms with Crippen molar-refractivity contribution in [1.82, 2.24) is 4.72 Å². The van der Waals surface area contributed by atoms with E-state index in [9.17, 15) is 18.1 Å². The number of amides is 2. The SMILES string of the molecule is CC(C)c1cc(Br)cc(C(C)C)c1NC(=O)NS(=O)(=O)c1cc(C(C)N=O)ccc1Cl. The lowest BCUT2D eigenvalue weighted by atomic mass is 9.93. The molecule has 1 atom stereocenters. The lowest BCUT2D eigenvalue weighted by molar-refractivity contribution is 0.256. The van der Waals surface area contributed by atoms with Gasteiger partial charge in [-0.15, -0.1) is 0 Å². The fourth-order valence-corrected chi connectivity index (χ4v) is 5.00. The van der Waals surface area contributed by atoms with E-state index in [2.05, 4.69) is 26.4 Å². The van der Waals surface area contributed by atoms with Gasteiger partial charge >= 0.3 is 6.03 Å². The van der Waals surface area contributed by atoms with Crippen molar-refractivity contribution < 1.29 is 13.2 Å². The highest BCUT2D eigenvalue weighted by Gasteiger charge is 2.24. The zero-order chi connectivity index (χ0) is 23.5. The third kappa shape index (κ3) is 6.05. The minimum atomic E-state index is -4.30. The standard InChI is InChI=1S/C21H25BrClN3O4S/c1-11(2)16-9-15(22)10-17(12(3)4)20(16)24-21(27)26-31(29,30)19-8-14(13(5)25-28)6-7-18(19)23/h6-13H,1-5H3,(H2,24,26,27). The molecule has 0 spiro atoms. The first kappa shape index (κ1) is 25.3. The second-order valence-electron chi connectivity index (χ2n) is 7.80. The van der Waals surface area contributed by atoms with Crippen LogP contribution in [0.5, 0.6) is 0 Å². The number of halogens is 2. The van der Waals surface area contributed by atoms with E-state index < -0.39 is 22.1 Å². The minimum Gasteiger partial charge on any atom is -0.307 e. The zero-order valence-corrected chi connectivity index (χ0v) is 21.0. The van der Waals surface area contributed by atoms with Gasteiger partial charge in [0.15, 0.2) is 0 Å². The quantitative estimate of drug-likeness (QED) is 0.389. The molecule has 168 valence electrons. The number of carbonyl (C=O) groups excluding carboxylic acids is 1. The number of nitrogens with one attached hydrogen (secondary N) is 2. The number of urea groups is 1. The predicted molar refractivity (Wildman–Crippen MR) is 127 cm³/mol. The number of nitrogens with zero attached hydrogens (tertiary/aromatic N) is 1. The summed E-state index contributed by atoms with van der Waals surface area (Å²) in [7, 11) is -4.30. The van der Waals surface area contributed by atoms with Crippen LogP contribution in [0.25, 0.3) is 0 Å². The second kappa shape index (κ2) is 10.1. The van der Waals surface area contributed by atoms with Crippen molar-refractivity contribution in [3.63, 3.8) is 0 Å². The van der Waals surface area contributed by atoms with Crippen molar-refractivity contribution in [3.8, 4) is 0 Å². The maximum atomic E-state index is 12.8. The van der Waals surface area contributed by atoms with Crippen LogP contribution in [0.2, 0.25) is 5.02 Å². The average molecular weight is 531 g/mol. The molecule has 0 bridgehead atoms. The van der Waals surface area contributed by atoms with Crippen molar-refractivity contribution in [2.75, 3.05) is 5.32 Å². The van der Waals surface area contributed by atoms with E-state index in [1.54, 1.807) is 0 Å². The summed E-state index contributed by atoms with van der Waals surface area (Å²) in [5, 5.41) is 5.52. The summed E-state index contributed by atoms with van der Waals surface area (Å²) in [5.41, 5.74) is 2.69. The van der Waals surface area contributed by atoms with Gasteiger partial charge in [-0.1, -0.05) is 66.5 Å². The molecule has 0 saturated heterocycles. The van der Waals surface area contributed by atoms with Gasteiger partial charge in [0.05, 0.1) is 5.02 Å². The van der Waals surface area contributed by atoms with Gasteiger partial charge in [0.2, 0.25) is 0 Å². The molecular formula is C21H25BrClN3O4S. The largest absolute Gasteiger partial charge is 0.333 e. The van der Waals surface area contributed by atoms with E-state index in [4.69, 9.17) is 11.6 Å². The van der Waals surface area contributed by atoms with Crippen molar-refractivity contribution in [2.45, 2.75) is 57.4 Å². The molecule has 10 heteroatoms. The highest BCUT2D eigenvalue weighted by molar-refractivity contribution is 9.10. The molecule has 2 N–H and O–H groups in total. The monoisotopic (exact) mass is 529 g/mol. The Bertz CT molecular complexity index is 1070. The number of hydrogen-bond acceptors (Lipinski definition) is 5. The number of rotatable bonds is 7. The molecule has 0 aliphatic rings. The summed E-state index contributed by atoms with van der Waals surface area (Å²) in [6.45, 7) is 9.47. The van der Waals surface area contributed by atoms with Crippen LogP contribution in [0.1, 0.15) is 69.2 Å². The lowest BCUT2D eigenvalue weighted by Gasteiger charge is -2.21. The molecule has 0 radical (unpaired) electrons. The topological polar surface area (TPSA) is 105 Å². The normalized spacial score (nSPS) is 12.7.